The summed E-state index contributed by atoms with van der Waals surface area (Å²) >= 11 is 0. The molecule has 1 aliphatic carbocycles. The summed E-state index contributed by atoms with van der Waals surface area (Å²) in [7, 11) is 4.15. The molecule has 2 N–H and O–H groups in total. The molecule has 1 atom stereocenters. The van der Waals surface area contributed by atoms with Crippen LogP contribution in [0.4, 0.5) is 4.79 Å². The third-order valence-electron chi connectivity index (χ3n) is 5.45. The summed E-state index contributed by atoms with van der Waals surface area (Å²) in [6.45, 7) is 2.25. The van der Waals surface area contributed by atoms with Gasteiger partial charge in [-0.1, -0.05) is 24.3 Å². The summed E-state index contributed by atoms with van der Waals surface area (Å²) < 4.78 is 0. The summed E-state index contributed by atoms with van der Waals surface area (Å²) in [5, 5.41) is 10.5. The van der Waals surface area contributed by atoms with Crippen LogP contribution < -0.4 is 5.32 Å². The minimum absolute atomic E-state index is 0.0115. The number of urea groups is 1. The van der Waals surface area contributed by atoms with Crippen molar-refractivity contribution in [3.63, 3.8) is 0 Å². The Balaban J connectivity index is 1.35. The van der Waals surface area contributed by atoms with E-state index in [-0.39, 0.29) is 12.1 Å². The maximum Gasteiger partial charge on any atom is 0.318 e. The van der Waals surface area contributed by atoms with Crippen LogP contribution in [0.3, 0.4) is 0 Å². The number of likely N-dealkylation sites (tertiary alicyclic amines) is 1. The number of nitrogens with zero attached hydrogens (tertiary/aromatic N) is 3. The Morgan fingerprint density at radius 3 is 2.74 bits per heavy atom. The molecule has 1 saturated heterocycles. The zero-order chi connectivity index (χ0) is 18.8. The lowest BCUT2D eigenvalue weighted by molar-refractivity contribution is 0.192. The number of benzene rings is 1. The lowest BCUT2D eigenvalue weighted by atomic mass is 10.0. The van der Waals surface area contributed by atoms with Gasteiger partial charge in [0.2, 0.25) is 0 Å². The first-order valence-corrected chi connectivity index (χ1v) is 9.92. The van der Waals surface area contributed by atoms with Gasteiger partial charge in [0.25, 0.3) is 0 Å². The first-order chi connectivity index (χ1) is 13.1. The van der Waals surface area contributed by atoms with Gasteiger partial charge in [-0.05, 0) is 57.0 Å². The third kappa shape index (κ3) is 4.33. The van der Waals surface area contributed by atoms with E-state index in [9.17, 15) is 4.79 Å². The highest BCUT2D eigenvalue weighted by molar-refractivity contribution is 5.75. The molecule has 1 aromatic carbocycles. The lowest BCUT2D eigenvalue weighted by Gasteiger charge is -2.25. The lowest BCUT2D eigenvalue weighted by Crippen LogP contribution is -2.39. The molecule has 2 fully saturated rings. The predicted molar refractivity (Wildman–Crippen MR) is 105 cm³/mol. The highest BCUT2D eigenvalue weighted by Crippen LogP contribution is 2.39. The zero-order valence-corrected chi connectivity index (χ0v) is 16.2. The number of carbonyl (C=O) groups is 1. The van der Waals surface area contributed by atoms with Crippen LogP contribution in [0.15, 0.2) is 30.3 Å². The molecule has 27 heavy (non-hydrogen) atoms. The van der Waals surface area contributed by atoms with E-state index in [1.807, 2.05) is 4.90 Å². The van der Waals surface area contributed by atoms with E-state index in [1.165, 1.54) is 24.0 Å². The van der Waals surface area contributed by atoms with Gasteiger partial charge in [-0.25, -0.2) is 4.79 Å². The number of amides is 2. The van der Waals surface area contributed by atoms with Crippen molar-refractivity contribution in [2.24, 2.45) is 0 Å². The molecule has 1 aliphatic heterocycles. The molecule has 2 amide bonds. The zero-order valence-electron chi connectivity index (χ0n) is 16.2. The highest BCUT2D eigenvalue weighted by Gasteiger charge is 2.30. The standard InChI is InChI=1S/C21H29N5O/c1-25(2)14-15-5-7-17(8-6-15)20-4-3-11-26(20)21(27)22-13-18-12-19(24-23-18)16-9-10-16/h5-8,12,16,20H,3-4,9-11,13-14H2,1-2H3,(H,22,27)(H,23,24). The fourth-order valence-electron chi connectivity index (χ4n) is 3.90. The molecule has 4 rings (SSSR count). The second kappa shape index (κ2) is 7.72. The number of nitrogens with one attached hydrogen (secondary N) is 2. The second-order valence-electron chi connectivity index (χ2n) is 8.08. The molecule has 1 aromatic heterocycles. The number of hydrogen-bond donors (Lipinski definition) is 2. The molecule has 2 heterocycles. The number of H-pyrrole nitrogens is 1. The number of carbonyl (C=O) groups excluding carboxylic acids is 1. The Kier molecular flexibility index (Phi) is 5.16. The van der Waals surface area contributed by atoms with Crippen LogP contribution in [0, 0.1) is 0 Å². The first kappa shape index (κ1) is 18.0. The van der Waals surface area contributed by atoms with Crippen LogP contribution in [-0.4, -0.2) is 46.7 Å². The molecule has 144 valence electrons. The van der Waals surface area contributed by atoms with E-state index in [4.69, 9.17) is 0 Å². The molecule has 0 bridgehead atoms. The van der Waals surface area contributed by atoms with Gasteiger partial charge in [-0.2, -0.15) is 5.10 Å². The highest BCUT2D eigenvalue weighted by atomic mass is 16.2. The maximum atomic E-state index is 12.7. The van der Waals surface area contributed by atoms with Crippen molar-refractivity contribution in [3.05, 3.63) is 52.8 Å². The molecule has 2 aliphatic rings. The average molecular weight is 367 g/mol. The van der Waals surface area contributed by atoms with Gasteiger partial charge in [0.15, 0.2) is 0 Å². The van der Waals surface area contributed by atoms with Crippen molar-refractivity contribution in [1.29, 1.82) is 0 Å². The van der Waals surface area contributed by atoms with Gasteiger partial charge in [0.05, 0.1) is 24.0 Å². The Hall–Kier alpha value is -2.34. The van der Waals surface area contributed by atoms with Crippen LogP contribution >= 0.6 is 0 Å². The van der Waals surface area contributed by atoms with Gasteiger partial charge in [-0.3, -0.25) is 5.10 Å². The summed E-state index contributed by atoms with van der Waals surface area (Å²) in [6.07, 6.45) is 4.54. The molecule has 0 radical (unpaired) electrons. The second-order valence-corrected chi connectivity index (χ2v) is 8.08. The summed E-state index contributed by atoms with van der Waals surface area (Å²) in [6, 6.07) is 11.0. The average Bonchev–Trinajstić information content (AvgIpc) is 3.19. The van der Waals surface area contributed by atoms with E-state index in [1.54, 1.807) is 0 Å². The van der Waals surface area contributed by atoms with Gasteiger partial charge in [0, 0.05) is 19.0 Å². The van der Waals surface area contributed by atoms with Crippen molar-refractivity contribution < 1.29 is 4.79 Å². The van der Waals surface area contributed by atoms with Gasteiger partial charge < -0.3 is 15.1 Å². The van der Waals surface area contributed by atoms with E-state index in [2.05, 4.69) is 64.8 Å². The number of aromatic amines is 1. The van der Waals surface area contributed by atoms with Crippen molar-refractivity contribution in [3.8, 4) is 0 Å². The smallest absolute Gasteiger partial charge is 0.318 e. The summed E-state index contributed by atoms with van der Waals surface area (Å²) in [4.78, 5) is 16.9. The molecule has 6 heteroatoms. The Bertz CT molecular complexity index is 778. The minimum atomic E-state index is 0.0115. The molecular weight excluding hydrogens is 338 g/mol. The summed E-state index contributed by atoms with van der Waals surface area (Å²) in [5.41, 5.74) is 4.64. The molecule has 1 saturated carbocycles. The molecule has 1 unspecified atom stereocenters. The monoisotopic (exact) mass is 367 g/mol. The Labute approximate surface area is 160 Å². The van der Waals surface area contributed by atoms with E-state index in [0.29, 0.717) is 12.5 Å². The molecule has 6 nitrogen and oxygen atoms in total. The third-order valence-corrected chi connectivity index (χ3v) is 5.45. The quantitative estimate of drug-likeness (QED) is 0.822. The largest absolute Gasteiger partial charge is 0.332 e. The Morgan fingerprint density at radius 2 is 2.04 bits per heavy atom. The van der Waals surface area contributed by atoms with Crippen molar-refractivity contribution in [2.45, 2.75) is 50.7 Å². The topological polar surface area (TPSA) is 64.3 Å². The van der Waals surface area contributed by atoms with Crippen LogP contribution in [0.1, 0.15) is 60.2 Å². The van der Waals surface area contributed by atoms with Gasteiger partial charge in [-0.15, -0.1) is 0 Å². The van der Waals surface area contributed by atoms with Crippen molar-refractivity contribution in [2.75, 3.05) is 20.6 Å². The van der Waals surface area contributed by atoms with Gasteiger partial charge >= 0.3 is 6.03 Å². The normalized spacial score (nSPS) is 19.7. The SMILES string of the molecule is CN(C)Cc1ccc(C2CCCN2C(=O)NCc2cc(C3CC3)n[nH]2)cc1. The number of aromatic nitrogens is 2. The van der Waals surface area contributed by atoms with Crippen LogP contribution in [0.25, 0.3) is 0 Å². The van der Waals surface area contributed by atoms with Crippen LogP contribution in [0.2, 0.25) is 0 Å². The minimum Gasteiger partial charge on any atom is -0.332 e. The van der Waals surface area contributed by atoms with Crippen LogP contribution in [0.5, 0.6) is 0 Å². The van der Waals surface area contributed by atoms with E-state index < -0.39 is 0 Å². The number of hydrogen-bond acceptors (Lipinski definition) is 3. The summed E-state index contributed by atoms with van der Waals surface area (Å²) in [5.74, 6) is 0.629. The fraction of sp³-hybridized carbons (Fsp3) is 0.524. The van der Waals surface area contributed by atoms with Crippen LogP contribution in [-0.2, 0) is 13.1 Å². The first-order valence-electron chi connectivity index (χ1n) is 9.92. The fourth-order valence-corrected chi connectivity index (χ4v) is 3.90. The molecule has 2 aromatic rings. The van der Waals surface area contributed by atoms with E-state index in [0.717, 1.165) is 37.3 Å². The Morgan fingerprint density at radius 1 is 1.26 bits per heavy atom. The van der Waals surface area contributed by atoms with E-state index >= 15 is 0 Å². The van der Waals surface area contributed by atoms with Crippen molar-refractivity contribution >= 4 is 6.03 Å². The van der Waals surface area contributed by atoms with Crippen molar-refractivity contribution in [1.82, 2.24) is 25.3 Å². The molecular formula is C21H29N5O. The molecule has 0 spiro atoms. The van der Waals surface area contributed by atoms with Gasteiger partial charge in [0.1, 0.15) is 0 Å². The predicted octanol–water partition coefficient (Wildman–Crippen LogP) is 3.40. The maximum absolute atomic E-state index is 12.7. The number of rotatable bonds is 6.